The molecule has 150 valence electrons. The molecule has 0 radical (unpaired) electrons. The van der Waals surface area contributed by atoms with Gasteiger partial charge in [0.2, 0.25) is 0 Å². The molecule has 0 saturated heterocycles. The van der Waals surface area contributed by atoms with Crippen molar-refractivity contribution >= 4 is 23.8 Å². The lowest BCUT2D eigenvalue weighted by atomic mass is 10.0. The molecular weight excluding hydrogens is 364 g/mol. The number of esters is 1. The van der Waals surface area contributed by atoms with E-state index in [2.05, 4.69) is 41.0 Å². The number of carbonyl (C=O) groups excluding carboxylic acids is 2. The zero-order valence-electron chi connectivity index (χ0n) is 17.0. The number of carbonyl (C=O) groups is 2. The lowest BCUT2D eigenvalue weighted by Crippen LogP contribution is -2.50. The smallest absolute Gasteiger partial charge is 0.337 e. The van der Waals surface area contributed by atoms with Crippen molar-refractivity contribution in [1.82, 2.24) is 20.2 Å². The number of hydrogen-bond acceptors (Lipinski definition) is 5. The first kappa shape index (κ1) is 21.3. The number of nitrogens with one attached hydrogen (secondary N) is 2. The second-order valence-corrected chi connectivity index (χ2v) is 7.97. The standard InChI is InChI=1S/C19H30N4O3S/c1-7-14-16(17(24)26-8-2)15(22-18(25)21-14)10-27-19-20-12(5)13(6)23(19)9-11(3)4/h11,14H,7-10H2,1-6H3,(H2,21,22,25). The van der Waals surface area contributed by atoms with Gasteiger partial charge in [-0.05, 0) is 33.1 Å². The Morgan fingerprint density at radius 1 is 1.33 bits per heavy atom. The normalized spacial score (nSPS) is 17.1. The first-order chi connectivity index (χ1) is 12.8. The minimum Gasteiger partial charge on any atom is -0.463 e. The number of amides is 2. The molecule has 0 aliphatic carbocycles. The molecular formula is C19H30N4O3S. The molecule has 0 bridgehead atoms. The van der Waals surface area contributed by atoms with Gasteiger partial charge in [-0.3, -0.25) is 0 Å². The van der Waals surface area contributed by atoms with E-state index in [1.54, 1.807) is 6.92 Å². The summed E-state index contributed by atoms with van der Waals surface area (Å²) in [5.41, 5.74) is 3.25. The fourth-order valence-electron chi connectivity index (χ4n) is 3.03. The van der Waals surface area contributed by atoms with Crippen LogP contribution in [0.5, 0.6) is 0 Å². The van der Waals surface area contributed by atoms with Crippen molar-refractivity contribution < 1.29 is 14.3 Å². The van der Waals surface area contributed by atoms with Gasteiger partial charge in [-0.25, -0.2) is 14.6 Å². The van der Waals surface area contributed by atoms with Gasteiger partial charge in [0.05, 0.1) is 23.9 Å². The van der Waals surface area contributed by atoms with Gasteiger partial charge < -0.3 is 19.9 Å². The minimum atomic E-state index is -0.384. The zero-order valence-corrected chi connectivity index (χ0v) is 17.8. The van der Waals surface area contributed by atoms with E-state index in [0.29, 0.717) is 36.0 Å². The molecule has 1 unspecified atom stereocenters. The molecule has 0 spiro atoms. The Labute approximate surface area is 165 Å². The van der Waals surface area contributed by atoms with Crippen LogP contribution in [0, 0.1) is 19.8 Å². The molecule has 1 aliphatic rings. The molecule has 1 atom stereocenters. The van der Waals surface area contributed by atoms with E-state index in [0.717, 1.165) is 23.1 Å². The van der Waals surface area contributed by atoms with Crippen LogP contribution in [0.4, 0.5) is 4.79 Å². The number of nitrogens with zero attached hydrogens (tertiary/aromatic N) is 2. The van der Waals surface area contributed by atoms with Crippen molar-refractivity contribution in [3.8, 4) is 0 Å². The Morgan fingerprint density at radius 2 is 2.04 bits per heavy atom. The number of aromatic nitrogens is 2. The summed E-state index contributed by atoms with van der Waals surface area (Å²) in [6.07, 6.45) is 0.621. The van der Waals surface area contributed by atoms with Crippen molar-refractivity contribution in [1.29, 1.82) is 0 Å². The lowest BCUT2D eigenvalue weighted by Gasteiger charge is -2.28. The number of hydrogen-bond donors (Lipinski definition) is 2. The van der Waals surface area contributed by atoms with Crippen LogP contribution in [0.15, 0.2) is 16.4 Å². The number of ether oxygens (including phenoxy) is 1. The predicted molar refractivity (Wildman–Crippen MR) is 107 cm³/mol. The minimum absolute atomic E-state index is 0.289. The van der Waals surface area contributed by atoms with Gasteiger partial charge in [0, 0.05) is 23.7 Å². The van der Waals surface area contributed by atoms with E-state index in [9.17, 15) is 9.59 Å². The number of rotatable bonds is 8. The average Bonchev–Trinajstić information content (AvgIpc) is 2.86. The largest absolute Gasteiger partial charge is 0.463 e. The number of urea groups is 1. The van der Waals surface area contributed by atoms with Crippen LogP contribution in [0.2, 0.25) is 0 Å². The summed E-state index contributed by atoms with van der Waals surface area (Å²) in [6, 6.07) is -0.629. The molecule has 27 heavy (non-hydrogen) atoms. The Kier molecular flexibility index (Phi) is 7.35. The SMILES string of the molecule is CCOC(=O)C1=C(CSc2nc(C)c(C)n2CC(C)C)NC(=O)NC1CC. The van der Waals surface area contributed by atoms with Crippen LogP contribution in [-0.2, 0) is 16.1 Å². The van der Waals surface area contributed by atoms with Gasteiger partial charge in [0.15, 0.2) is 5.16 Å². The molecule has 1 aliphatic heterocycles. The highest BCUT2D eigenvalue weighted by molar-refractivity contribution is 7.99. The monoisotopic (exact) mass is 394 g/mol. The molecule has 1 aromatic heterocycles. The summed E-state index contributed by atoms with van der Waals surface area (Å²) in [6.45, 7) is 13.3. The van der Waals surface area contributed by atoms with E-state index in [-0.39, 0.29) is 18.0 Å². The predicted octanol–water partition coefficient (Wildman–Crippen LogP) is 3.16. The van der Waals surface area contributed by atoms with Crippen LogP contribution in [0.3, 0.4) is 0 Å². The van der Waals surface area contributed by atoms with Crippen LogP contribution >= 0.6 is 11.8 Å². The third-order valence-electron chi connectivity index (χ3n) is 4.46. The number of imidazole rings is 1. The number of aryl methyl sites for hydroxylation is 1. The van der Waals surface area contributed by atoms with Gasteiger partial charge in [-0.15, -0.1) is 0 Å². The molecule has 7 nitrogen and oxygen atoms in total. The molecule has 2 N–H and O–H groups in total. The van der Waals surface area contributed by atoms with Gasteiger partial charge in [0.1, 0.15) is 0 Å². The van der Waals surface area contributed by atoms with Gasteiger partial charge in [-0.2, -0.15) is 0 Å². The van der Waals surface area contributed by atoms with E-state index >= 15 is 0 Å². The van der Waals surface area contributed by atoms with Gasteiger partial charge in [0.25, 0.3) is 0 Å². The topological polar surface area (TPSA) is 85.2 Å². The first-order valence-electron chi connectivity index (χ1n) is 9.42. The van der Waals surface area contributed by atoms with E-state index in [4.69, 9.17) is 4.74 Å². The second-order valence-electron chi connectivity index (χ2n) is 7.03. The van der Waals surface area contributed by atoms with E-state index in [1.807, 2.05) is 13.8 Å². The zero-order chi connectivity index (χ0) is 20.1. The molecule has 0 fully saturated rings. The first-order valence-corrected chi connectivity index (χ1v) is 10.4. The molecule has 2 amide bonds. The Morgan fingerprint density at radius 3 is 2.63 bits per heavy atom. The summed E-state index contributed by atoms with van der Waals surface area (Å²) < 4.78 is 7.42. The molecule has 2 rings (SSSR count). The number of thioether (sulfide) groups is 1. The molecule has 8 heteroatoms. The summed E-state index contributed by atoms with van der Waals surface area (Å²) in [5, 5.41) is 6.49. The lowest BCUT2D eigenvalue weighted by molar-refractivity contribution is -0.139. The Balaban J connectivity index is 2.31. The van der Waals surface area contributed by atoms with Gasteiger partial charge in [-0.1, -0.05) is 32.5 Å². The quantitative estimate of drug-likeness (QED) is 0.523. The van der Waals surface area contributed by atoms with Crippen LogP contribution < -0.4 is 10.6 Å². The summed E-state index contributed by atoms with van der Waals surface area (Å²) in [7, 11) is 0. The van der Waals surface area contributed by atoms with Gasteiger partial charge >= 0.3 is 12.0 Å². The maximum atomic E-state index is 12.5. The van der Waals surface area contributed by atoms with E-state index in [1.165, 1.54) is 11.8 Å². The molecule has 0 saturated carbocycles. The van der Waals surface area contributed by atoms with Crippen molar-refractivity contribution in [3.05, 3.63) is 22.7 Å². The van der Waals surface area contributed by atoms with Crippen LogP contribution in [-0.4, -0.2) is 40.0 Å². The second kappa shape index (κ2) is 9.30. The van der Waals surface area contributed by atoms with Crippen LogP contribution in [0.25, 0.3) is 0 Å². The third-order valence-corrected chi connectivity index (χ3v) is 5.47. The highest BCUT2D eigenvalue weighted by atomic mass is 32.2. The third kappa shape index (κ3) is 5.06. The Bertz CT molecular complexity index is 740. The highest BCUT2D eigenvalue weighted by Gasteiger charge is 2.31. The van der Waals surface area contributed by atoms with Crippen molar-refractivity contribution in [2.45, 2.75) is 65.7 Å². The Hall–Kier alpha value is -1.96. The summed E-state index contributed by atoms with van der Waals surface area (Å²) >= 11 is 1.53. The van der Waals surface area contributed by atoms with Crippen LogP contribution in [0.1, 0.15) is 45.5 Å². The average molecular weight is 395 g/mol. The fraction of sp³-hybridized carbons (Fsp3) is 0.632. The molecule has 1 aromatic rings. The van der Waals surface area contributed by atoms with Crippen molar-refractivity contribution in [2.24, 2.45) is 5.92 Å². The maximum absolute atomic E-state index is 12.5. The van der Waals surface area contributed by atoms with Crippen molar-refractivity contribution in [3.63, 3.8) is 0 Å². The summed E-state index contributed by atoms with van der Waals surface area (Å²) in [4.78, 5) is 29.1. The molecule has 0 aromatic carbocycles. The maximum Gasteiger partial charge on any atom is 0.337 e. The van der Waals surface area contributed by atoms with Crippen molar-refractivity contribution in [2.75, 3.05) is 12.4 Å². The van der Waals surface area contributed by atoms with E-state index < -0.39 is 0 Å². The summed E-state index contributed by atoms with van der Waals surface area (Å²) in [5.74, 6) is 0.561. The highest BCUT2D eigenvalue weighted by Crippen LogP contribution is 2.27. The molecule has 2 heterocycles. The fourth-order valence-corrected chi connectivity index (χ4v) is 4.10.